The Kier molecular flexibility index (Phi) is 5.69. The van der Waals surface area contributed by atoms with Gasteiger partial charge in [0.25, 0.3) is 0 Å². The standard InChI is InChI=1S/C21H19N3.C2H6/c1-15(10-11-16-5-2-7-19-17(16)12-14-23-19)24-21-9-3-8-20-18(21)6-4-13-22-20;1-2/h2-9,12-14,23-24H,1,10-11H2;1-2H3. The summed E-state index contributed by atoms with van der Waals surface area (Å²) < 4.78 is 0. The van der Waals surface area contributed by atoms with Gasteiger partial charge in [-0.3, -0.25) is 4.98 Å². The smallest absolute Gasteiger partial charge is 0.0722 e. The van der Waals surface area contributed by atoms with Crippen LogP contribution in [0.25, 0.3) is 21.8 Å². The van der Waals surface area contributed by atoms with E-state index in [1.54, 1.807) is 0 Å². The monoisotopic (exact) mass is 343 g/mol. The van der Waals surface area contributed by atoms with Crippen molar-refractivity contribution in [3.05, 3.63) is 84.8 Å². The fourth-order valence-electron chi connectivity index (χ4n) is 3.12. The summed E-state index contributed by atoms with van der Waals surface area (Å²) >= 11 is 0. The molecule has 2 aromatic carbocycles. The molecule has 2 N–H and O–H groups in total. The van der Waals surface area contributed by atoms with Crippen molar-refractivity contribution < 1.29 is 0 Å². The third-order valence-corrected chi connectivity index (χ3v) is 4.34. The first-order chi connectivity index (χ1) is 12.8. The first-order valence-corrected chi connectivity index (χ1v) is 9.15. The van der Waals surface area contributed by atoms with Crippen LogP contribution >= 0.6 is 0 Å². The maximum atomic E-state index is 4.40. The molecule has 0 saturated carbocycles. The minimum absolute atomic E-state index is 0.890. The van der Waals surface area contributed by atoms with Crippen LogP contribution in [0.2, 0.25) is 0 Å². The fourth-order valence-corrected chi connectivity index (χ4v) is 3.12. The van der Waals surface area contributed by atoms with E-state index >= 15 is 0 Å². The van der Waals surface area contributed by atoms with Crippen molar-refractivity contribution in [3.63, 3.8) is 0 Å². The first kappa shape index (κ1) is 17.7. The van der Waals surface area contributed by atoms with Crippen molar-refractivity contribution in [1.82, 2.24) is 9.97 Å². The Morgan fingerprint density at radius 2 is 1.85 bits per heavy atom. The molecule has 132 valence electrons. The molecule has 0 spiro atoms. The van der Waals surface area contributed by atoms with E-state index in [0.717, 1.165) is 35.1 Å². The first-order valence-electron chi connectivity index (χ1n) is 9.15. The fraction of sp³-hybridized carbons (Fsp3) is 0.174. The number of aromatic amines is 1. The lowest BCUT2D eigenvalue weighted by atomic mass is 10.0. The van der Waals surface area contributed by atoms with Gasteiger partial charge in [-0.1, -0.05) is 38.6 Å². The second kappa shape index (κ2) is 8.34. The van der Waals surface area contributed by atoms with Gasteiger partial charge in [-0.05, 0) is 54.8 Å². The molecule has 0 amide bonds. The quantitative estimate of drug-likeness (QED) is 0.446. The lowest BCUT2D eigenvalue weighted by Crippen LogP contribution is -2.01. The number of aromatic nitrogens is 2. The van der Waals surface area contributed by atoms with Gasteiger partial charge in [-0.25, -0.2) is 0 Å². The molecular weight excluding hydrogens is 318 g/mol. The summed E-state index contributed by atoms with van der Waals surface area (Å²) in [6.07, 6.45) is 5.66. The third kappa shape index (κ3) is 3.77. The molecule has 4 aromatic rings. The minimum Gasteiger partial charge on any atom is -0.361 e. The highest BCUT2D eigenvalue weighted by atomic mass is 14.9. The van der Waals surface area contributed by atoms with E-state index in [0.29, 0.717) is 0 Å². The molecule has 0 unspecified atom stereocenters. The summed E-state index contributed by atoms with van der Waals surface area (Å²) in [6, 6.07) is 18.7. The van der Waals surface area contributed by atoms with Crippen LogP contribution in [0.5, 0.6) is 0 Å². The number of anilines is 1. The number of aryl methyl sites for hydroxylation is 1. The molecule has 0 aliphatic carbocycles. The summed E-state index contributed by atoms with van der Waals surface area (Å²) in [7, 11) is 0. The molecule has 2 heterocycles. The van der Waals surface area contributed by atoms with Crippen molar-refractivity contribution >= 4 is 27.5 Å². The number of nitrogens with zero attached hydrogens (tertiary/aromatic N) is 1. The Morgan fingerprint density at radius 3 is 2.73 bits per heavy atom. The molecule has 0 atom stereocenters. The molecule has 26 heavy (non-hydrogen) atoms. The molecule has 0 aliphatic heterocycles. The van der Waals surface area contributed by atoms with Crippen molar-refractivity contribution in [2.24, 2.45) is 0 Å². The average Bonchev–Trinajstić information content (AvgIpc) is 3.18. The van der Waals surface area contributed by atoms with Crippen LogP contribution in [0, 0.1) is 0 Å². The number of pyridine rings is 1. The normalized spacial score (nSPS) is 10.4. The Morgan fingerprint density at radius 1 is 1.00 bits per heavy atom. The van der Waals surface area contributed by atoms with Crippen LogP contribution < -0.4 is 5.32 Å². The Bertz CT molecular complexity index is 1010. The summed E-state index contributed by atoms with van der Waals surface area (Å²) in [5.74, 6) is 0. The zero-order valence-electron chi connectivity index (χ0n) is 15.4. The van der Waals surface area contributed by atoms with Crippen molar-refractivity contribution in [2.45, 2.75) is 26.7 Å². The second-order valence-corrected chi connectivity index (χ2v) is 5.96. The highest BCUT2D eigenvalue weighted by Gasteiger charge is 2.05. The number of hydrogen-bond donors (Lipinski definition) is 2. The van der Waals surface area contributed by atoms with Crippen molar-refractivity contribution in [1.29, 1.82) is 0 Å². The van der Waals surface area contributed by atoms with Gasteiger partial charge in [0, 0.05) is 40.1 Å². The zero-order chi connectivity index (χ0) is 18.4. The van der Waals surface area contributed by atoms with Crippen LogP contribution in [0.4, 0.5) is 5.69 Å². The van der Waals surface area contributed by atoms with Crippen LogP contribution in [0.15, 0.2) is 79.3 Å². The molecule has 4 rings (SSSR count). The van der Waals surface area contributed by atoms with Gasteiger partial charge in [0.05, 0.1) is 5.52 Å². The molecule has 3 heteroatoms. The number of allylic oxidation sites excluding steroid dienone is 1. The summed E-state index contributed by atoms with van der Waals surface area (Å²) in [5, 5.41) is 5.87. The summed E-state index contributed by atoms with van der Waals surface area (Å²) in [6.45, 7) is 8.20. The molecule has 2 aromatic heterocycles. The third-order valence-electron chi connectivity index (χ3n) is 4.34. The van der Waals surface area contributed by atoms with Gasteiger partial charge in [0.15, 0.2) is 0 Å². The van der Waals surface area contributed by atoms with Crippen molar-refractivity contribution in [2.75, 3.05) is 5.32 Å². The number of fused-ring (bicyclic) bond motifs is 2. The Hall–Kier alpha value is -3.07. The number of benzene rings is 2. The van der Waals surface area contributed by atoms with Crippen molar-refractivity contribution in [3.8, 4) is 0 Å². The van der Waals surface area contributed by atoms with E-state index in [4.69, 9.17) is 0 Å². The largest absolute Gasteiger partial charge is 0.361 e. The summed E-state index contributed by atoms with van der Waals surface area (Å²) in [5.41, 5.74) is 5.60. The molecule has 0 saturated heterocycles. The van der Waals surface area contributed by atoms with E-state index in [1.165, 1.54) is 16.5 Å². The molecule has 3 nitrogen and oxygen atoms in total. The average molecular weight is 343 g/mol. The van der Waals surface area contributed by atoms with E-state index in [9.17, 15) is 0 Å². The molecule has 0 bridgehead atoms. The van der Waals surface area contributed by atoms with E-state index in [2.05, 4.69) is 58.3 Å². The molecule has 0 fully saturated rings. The number of hydrogen-bond acceptors (Lipinski definition) is 2. The second-order valence-electron chi connectivity index (χ2n) is 5.96. The van der Waals surface area contributed by atoms with Gasteiger partial charge < -0.3 is 10.3 Å². The maximum Gasteiger partial charge on any atom is 0.0722 e. The Labute approximate surface area is 154 Å². The van der Waals surface area contributed by atoms with Gasteiger partial charge in [-0.2, -0.15) is 0 Å². The number of nitrogens with one attached hydrogen (secondary N) is 2. The molecule has 0 aliphatic rings. The maximum absolute atomic E-state index is 4.40. The minimum atomic E-state index is 0.890. The zero-order valence-corrected chi connectivity index (χ0v) is 15.4. The SMILES string of the molecule is C=C(CCc1cccc2[nH]ccc12)Nc1cccc2ncccc12.CC. The van der Waals surface area contributed by atoms with Gasteiger partial charge in [0.2, 0.25) is 0 Å². The van der Waals surface area contributed by atoms with E-state index in [1.807, 2.05) is 44.4 Å². The highest BCUT2D eigenvalue weighted by Crippen LogP contribution is 2.24. The Balaban J connectivity index is 0.000000948. The summed E-state index contributed by atoms with van der Waals surface area (Å²) in [4.78, 5) is 7.66. The van der Waals surface area contributed by atoms with E-state index < -0.39 is 0 Å². The van der Waals surface area contributed by atoms with Gasteiger partial charge in [-0.15, -0.1) is 0 Å². The van der Waals surface area contributed by atoms with Gasteiger partial charge >= 0.3 is 0 Å². The van der Waals surface area contributed by atoms with Crippen LogP contribution in [-0.4, -0.2) is 9.97 Å². The number of rotatable bonds is 5. The van der Waals surface area contributed by atoms with Gasteiger partial charge in [0.1, 0.15) is 0 Å². The van der Waals surface area contributed by atoms with Crippen LogP contribution in [0.3, 0.4) is 0 Å². The van der Waals surface area contributed by atoms with Crippen LogP contribution in [0.1, 0.15) is 25.8 Å². The van der Waals surface area contributed by atoms with E-state index in [-0.39, 0.29) is 0 Å². The molecule has 0 radical (unpaired) electrons. The predicted molar refractivity (Wildman–Crippen MR) is 112 cm³/mol. The lowest BCUT2D eigenvalue weighted by molar-refractivity contribution is 0.959. The lowest BCUT2D eigenvalue weighted by Gasteiger charge is -2.12. The topological polar surface area (TPSA) is 40.7 Å². The van der Waals surface area contributed by atoms with Crippen LogP contribution in [-0.2, 0) is 6.42 Å². The highest BCUT2D eigenvalue weighted by molar-refractivity contribution is 5.91. The molecular formula is C23H25N3. The number of H-pyrrole nitrogens is 1. The predicted octanol–water partition coefficient (Wildman–Crippen LogP) is 6.30.